The summed E-state index contributed by atoms with van der Waals surface area (Å²) in [5.41, 5.74) is 1.95. The van der Waals surface area contributed by atoms with E-state index < -0.39 is 31.5 Å². The number of likely N-dealkylation sites (tertiary alicyclic amines) is 1. The Hall–Kier alpha value is -2.73. The SMILES string of the molecule is [2H]C([2H])([2H])C([2H])(C([2H])([2H])C)C([2H])([2H])N1CCC(C(=O)Nc2cc3cc(-c4cnn(C)c4)ccc3cn2)CC1. The van der Waals surface area contributed by atoms with Crippen LogP contribution in [0.4, 0.5) is 5.82 Å². The minimum atomic E-state index is -3.21. The first-order valence-electron chi connectivity index (χ1n) is 14.0. The van der Waals surface area contributed by atoms with Crippen molar-refractivity contribution in [2.24, 2.45) is 18.9 Å². The van der Waals surface area contributed by atoms with Crippen LogP contribution in [0.3, 0.4) is 0 Å². The minimum absolute atomic E-state index is 0.0114. The third-order valence-corrected chi connectivity index (χ3v) is 5.40. The summed E-state index contributed by atoms with van der Waals surface area (Å²) in [4.78, 5) is 18.5. The quantitative estimate of drug-likeness (QED) is 0.653. The summed E-state index contributed by atoms with van der Waals surface area (Å²) in [6.45, 7) is -5.05. The van der Waals surface area contributed by atoms with E-state index in [2.05, 4.69) is 15.4 Å². The number of amides is 1. The van der Waals surface area contributed by atoms with Crippen molar-refractivity contribution in [3.8, 4) is 11.1 Å². The highest BCUT2D eigenvalue weighted by Gasteiger charge is 2.25. The molecule has 1 saturated heterocycles. The highest BCUT2D eigenvalue weighted by Crippen LogP contribution is 2.26. The van der Waals surface area contributed by atoms with E-state index in [1.54, 1.807) is 23.1 Å². The van der Waals surface area contributed by atoms with Crippen molar-refractivity contribution in [3.63, 3.8) is 0 Å². The first kappa shape index (κ1) is 12.8. The van der Waals surface area contributed by atoms with Crippen molar-refractivity contribution < 1.29 is 15.8 Å². The molecule has 158 valence electrons. The van der Waals surface area contributed by atoms with Crippen LogP contribution in [0.5, 0.6) is 0 Å². The van der Waals surface area contributed by atoms with Gasteiger partial charge in [-0.1, -0.05) is 32.3 Å². The Morgan fingerprint density at radius 1 is 1.30 bits per heavy atom. The van der Waals surface area contributed by atoms with Crippen molar-refractivity contribution in [3.05, 3.63) is 42.9 Å². The Morgan fingerprint density at radius 2 is 2.13 bits per heavy atom. The monoisotopic (exact) mass is 413 g/mol. The lowest BCUT2D eigenvalue weighted by molar-refractivity contribution is -0.121. The second kappa shape index (κ2) is 8.96. The number of pyridine rings is 1. The van der Waals surface area contributed by atoms with Gasteiger partial charge >= 0.3 is 0 Å². The molecule has 1 aliphatic heterocycles. The van der Waals surface area contributed by atoms with Gasteiger partial charge in [0.25, 0.3) is 0 Å². The Kier molecular flexibility index (Phi) is 3.84. The van der Waals surface area contributed by atoms with E-state index >= 15 is 0 Å². The van der Waals surface area contributed by atoms with Gasteiger partial charge in [-0.2, -0.15) is 5.10 Å². The molecule has 6 nitrogen and oxygen atoms in total. The Bertz CT molecular complexity index is 1310. The van der Waals surface area contributed by atoms with E-state index in [0.717, 1.165) is 28.8 Å². The van der Waals surface area contributed by atoms with Crippen molar-refractivity contribution in [2.45, 2.75) is 33.0 Å². The van der Waals surface area contributed by atoms with Crippen LogP contribution in [0.25, 0.3) is 21.9 Å². The topological polar surface area (TPSA) is 63.1 Å². The van der Waals surface area contributed by atoms with Gasteiger partial charge in [-0.3, -0.25) is 9.48 Å². The fourth-order valence-corrected chi connectivity index (χ4v) is 3.65. The first-order chi connectivity index (χ1) is 17.5. The number of benzene rings is 1. The van der Waals surface area contributed by atoms with Crippen LogP contribution >= 0.6 is 0 Å². The molecule has 0 radical (unpaired) electrons. The van der Waals surface area contributed by atoms with E-state index in [1.165, 1.54) is 4.90 Å². The van der Waals surface area contributed by atoms with Crippen LogP contribution in [0, 0.1) is 11.8 Å². The fraction of sp³-hybridized carbons (Fsp3) is 0.458. The molecule has 1 fully saturated rings. The number of aromatic nitrogens is 3. The van der Waals surface area contributed by atoms with Crippen molar-refractivity contribution in [2.75, 3.05) is 24.9 Å². The van der Waals surface area contributed by atoms with Crippen molar-refractivity contribution in [1.29, 1.82) is 0 Å². The Balaban J connectivity index is 1.45. The lowest BCUT2D eigenvalue weighted by atomic mass is 9.95. The number of nitrogens with one attached hydrogen (secondary N) is 1. The molecule has 3 heterocycles. The third-order valence-electron chi connectivity index (χ3n) is 5.40. The highest BCUT2D eigenvalue weighted by molar-refractivity contribution is 5.95. The number of piperidine rings is 1. The number of anilines is 1. The van der Waals surface area contributed by atoms with Crippen LogP contribution in [0.1, 0.15) is 44.0 Å². The molecule has 2 aromatic heterocycles. The van der Waals surface area contributed by atoms with Gasteiger partial charge < -0.3 is 10.2 Å². The van der Waals surface area contributed by atoms with Crippen LogP contribution in [0.15, 0.2) is 42.9 Å². The lowest BCUT2D eigenvalue weighted by Gasteiger charge is -2.32. The van der Waals surface area contributed by atoms with Gasteiger partial charge in [0.15, 0.2) is 0 Å². The van der Waals surface area contributed by atoms with E-state index in [-0.39, 0.29) is 31.8 Å². The second-order valence-corrected chi connectivity index (χ2v) is 7.52. The zero-order chi connectivity index (χ0) is 28.1. The zero-order valence-electron chi connectivity index (χ0n) is 25.1. The molecule has 1 amide bonds. The maximum absolute atomic E-state index is 13.0. The Morgan fingerprint density at radius 3 is 2.83 bits per heavy atom. The lowest BCUT2D eigenvalue weighted by Crippen LogP contribution is -2.40. The fourth-order valence-electron chi connectivity index (χ4n) is 3.65. The largest absolute Gasteiger partial charge is 0.310 e. The van der Waals surface area contributed by atoms with Crippen molar-refractivity contribution >= 4 is 22.5 Å². The molecule has 3 aromatic rings. The molecule has 1 aromatic carbocycles. The van der Waals surface area contributed by atoms with E-state index in [9.17, 15) is 4.79 Å². The summed E-state index contributed by atoms with van der Waals surface area (Å²) in [5, 5.41) is 8.84. The number of aryl methyl sites for hydroxylation is 1. The predicted octanol–water partition coefficient (Wildman–Crippen LogP) is 4.33. The van der Waals surface area contributed by atoms with Gasteiger partial charge in [-0.15, -0.1) is 0 Å². The van der Waals surface area contributed by atoms with E-state index in [0.29, 0.717) is 5.82 Å². The average Bonchev–Trinajstić information content (AvgIpc) is 3.28. The van der Waals surface area contributed by atoms with Gasteiger partial charge in [-0.25, -0.2) is 4.98 Å². The molecule has 0 bridgehead atoms. The van der Waals surface area contributed by atoms with Gasteiger partial charge in [-0.05, 0) is 54.9 Å². The molecule has 6 heteroatoms. The molecular weight excluding hydrogens is 374 g/mol. The molecule has 0 spiro atoms. The molecule has 1 N–H and O–H groups in total. The summed E-state index contributed by atoms with van der Waals surface area (Å²) in [5.74, 6) is -3.38. The normalized spacial score (nSPS) is 23.0. The summed E-state index contributed by atoms with van der Waals surface area (Å²) >= 11 is 0. The number of rotatable bonds is 6. The summed E-state index contributed by atoms with van der Waals surface area (Å²) in [6.07, 6.45) is 3.18. The molecule has 1 atom stereocenters. The van der Waals surface area contributed by atoms with Crippen LogP contribution in [0.2, 0.25) is 0 Å². The zero-order valence-corrected chi connectivity index (χ0v) is 17.1. The van der Waals surface area contributed by atoms with Gasteiger partial charge in [0, 0.05) is 53.8 Å². The summed E-state index contributed by atoms with van der Waals surface area (Å²) in [7, 11) is 1.85. The molecule has 0 saturated carbocycles. The molecule has 30 heavy (non-hydrogen) atoms. The smallest absolute Gasteiger partial charge is 0.228 e. The molecule has 1 aliphatic rings. The second-order valence-electron chi connectivity index (χ2n) is 7.52. The minimum Gasteiger partial charge on any atom is -0.310 e. The van der Waals surface area contributed by atoms with Gasteiger partial charge in [0.05, 0.1) is 6.20 Å². The van der Waals surface area contributed by atoms with E-state index in [1.807, 2.05) is 31.4 Å². The van der Waals surface area contributed by atoms with Gasteiger partial charge in [0.1, 0.15) is 5.82 Å². The predicted molar refractivity (Wildman–Crippen MR) is 121 cm³/mol. The number of hydrogen-bond donors (Lipinski definition) is 1. The van der Waals surface area contributed by atoms with Crippen LogP contribution in [-0.2, 0) is 11.8 Å². The molecule has 4 rings (SSSR count). The molecular formula is C24H31N5O. The molecule has 1 unspecified atom stereocenters. The maximum Gasteiger partial charge on any atom is 0.228 e. The number of hydrogen-bond acceptors (Lipinski definition) is 4. The number of fused-ring (bicyclic) bond motifs is 1. The first-order valence-corrected chi connectivity index (χ1v) is 9.99. The molecule has 0 aliphatic carbocycles. The maximum atomic E-state index is 13.0. The Labute approximate surface area is 189 Å². The average molecular weight is 414 g/mol. The van der Waals surface area contributed by atoms with Crippen LogP contribution < -0.4 is 5.32 Å². The standard InChI is InChI=1S/C24H31N5O/c1-4-17(2)15-29-9-7-18(8-10-29)24(30)27-23-12-21-11-19(5-6-20(21)13-25-23)22-14-26-28(3)16-22/h5-6,11-14,16-18H,4,7-10,15H2,1-3H3,(H,25,27,30)/i2D3,4D2,15D2,17D. The number of nitrogens with zero attached hydrogens (tertiary/aromatic N) is 4. The summed E-state index contributed by atoms with van der Waals surface area (Å²) in [6, 6.07) is 7.71. The van der Waals surface area contributed by atoms with Crippen molar-refractivity contribution in [1.82, 2.24) is 19.7 Å². The van der Waals surface area contributed by atoms with Gasteiger partial charge in [0.2, 0.25) is 5.91 Å². The number of carbonyl (C=O) groups excluding carboxylic acids is 1. The summed E-state index contributed by atoms with van der Waals surface area (Å²) < 4.78 is 66.2. The van der Waals surface area contributed by atoms with Crippen LogP contribution in [-0.4, -0.2) is 45.2 Å². The number of carbonyl (C=O) groups is 1. The van der Waals surface area contributed by atoms with E-state index in [4.69, 9.17) is 11.0 Å². The third kappa shape index (κ3) is 4.70. The highest BCUT2D eigenvalue weighted by atomic mass is 16.1.